The Labute approximate surface area is 436 Å². The van der Waals surface area contributed by atoms with Crippen LogP contribution in [0.3, 0.4) is 0 Å². The number of rotatable bonds is 47. The van der Waals surface area contributed by atoms with Crippen molar-refractivity contribution < 1.29 is 44.5 Å². The zero-order valence-corrected chi connectivity index (χ0v) is 45.8. The lowest BCUT2D eigenvalue weighted by molar-refractivity contribution is -0.302. The van der Waals surface area contributed by atoms with Crippen molar-refractivity contribution in [3.05, 3.63) is 28.2 Å². The first-order valence-corrected chi connectivity index (χ1v) is 29.6. The highest BCUT2D eigenvalue weighted by Gasteiger charge is 2.45. The summed E-state index contributed by atoms with van der Waals surface area (Å²) in [7, 11) is 0. The van der Waals surface area contributed by atoms with Gasteiger partial charge in [0, 0.05) is 5.69 Å². The Balaban J connectivity index is 1.70. The summed E-state index contributed by atoms with van der Waals surface area (Å²) >= 11 is 12.0. The fourth-order valence-corrected chi connectivity index (χ4v) is 9.86. The number of nitrogens with one attached hydrogen (secondary N) is 2. The summed E-state index contributed by atoms with van der Waals surface area (Å²) in [6, 6.07) is 3.83. The van der Waals surface area contributed by atoms with Gasteiger partial charge in [-0.1, -0.05) is 262 Å². The summed E-state index contributed by atoms with van der Waals surface area (Å²) in [5, 5.41) is 61.2. The second-order valence-electron chi connectivity index (χ2n) is 20.6. The number of amides is 1. The Morgan fingerprint density at radius 1 is 0.571 bits per heavy atom. The molecule has 1 aromatic carbocycles. The lowest BCUT2D eigenvalue weighted by atomic mass is 9.98. The van der Waals surface area contributed by atoms with E-state index >= 15 is 0 Å². The van der Waals surface area contributed by atoms with Crippen LogP contribution in [0.25, 0.3) is 0 Å². The summed E-state index contributed by atoms with van der Waals surface area (Å²) in [4.78, 5) is 12.5. The maximum atomic E-state index is 12.5. The second kappa shape index (κ2) is 44.1. The monoisotopic (exact) mass is 1030 g/mol. The van der Waals surface area contributed by atoms with E-state index in [0.29, 0.717) is 23.7 Å². The lowest BCUT2D eigenvalue weighted by Gasteiger charge is -2.40. The molecule has 0 saturated carbocycles. The molecule has 8 atom stereocenters. The first-order valence-electron chi connectivity index (χ1n) is 28.9. The number of ether oxygens (including phenoxy) is 3. The van der Waals surface area contributed by atoms with Crippen molar-refractivity contribution in [2.45, 2.75) is 300 Å². The molecule has 0 aliphatic carbocycles. The number of aliphatic hydroxyl groups excluding tert-OH is 5. The molecule has 0 aromatic heterocycles. The average Bonchev–Trinajstić information content (AvgIpc) is 3.35. The highest BCUT2D eigenvalue weighted by Crippen LogP contribution is 2.27. The quantitative estimate of drug-likeness (QED) is 0.0312. The smallest absolute Gasteiger partial charge is 0.411 e. The first-order chi connectivity index (χ1) is 34.1. The van der Waals surface area contributed by atoms with Crippen LogP contribution in [0.4, 0.5) is 10.5 Å². The predicted molar refractivity (Wildman–Crippen MR) is 290 cm³/mol. The highest BCUT2D eigenvalue weighted by atomic mass is 35.5. The van der Waals surface area contributed by atoms with Gasteiger partial charge in [-0.2, -0.15) is 0 Å². The molecule has 1 fully saturated rings. The van der Waals surface area contributed by atoms with Crippen LogP contribution in [0.5, 0.6) is 0 Å². The van der Waals surface area contributed by atoms with Gasteiger partial charge in [-0.25, -0.2) is 4.79 Å². The molecule has 0 spiro atoms. The molecule has 1 heterocycles. The topological polar surface area (TPSA) is 170 Å². The molecule has 0 unspecified atom stereocenters. The normalized spacial score (nSPS) is 19.6. The predicted octanol–water partition coefficient (Wildman–Crippen LogP) is 14.5. The van der Waals surface area contributed by atoms with Crippen molar-refractivity contribution in [1.29, 1.82) is 0 Å². The number of carbonyl (C=O) groups is 1. The largest absolute Gasteiger partial charge is 0.446 e. The lowest BCUT2D eigenvalue weighted by Crippen LogP contribution is -2.60. The summed E-state index contributed by atoms with van der Waals surface area (Å²) in [6.45, 7) is 4.53. The molecule has 1 saturated heterocycles. The molecule has 2 rings (SSSR count). The number of hydrogen-bond acceptors (Lipinski definition) is 10. The number of anilines is 1. The van der Waals surface area contributed by atoms with Crippen molar-refractivity contribution in [3.63, 3.8) is 0 Å². The maximum absolute atomic E-state index is 12.5. The van der Waals surface area contributed by atoms with E-state index in [1.807, 2.05) is 0 Å². The molecule has 1 aromatic rings. The van der Waals surface area contributed by atoms with E-state index in [4.69, 9.17) is 37.4 Å². The molecule has 410 valence electrons. The van der Waals surface area contributed by atoms with Gasteiger partial charge in [-0.3, -0.25) is 5.32 Å². The molecule has 70 heavy (non-hydrogen) atoms. The van der Waals surface area contributed by atoms with Gasteiger partial charge < -0.3 is 45.1 Å². The molecular formula is C57H104Cl2N2O9. The van der Waals surface area contributed by atoms with Crippen LogP contribution < -0.4 is 10.6 Å². The summed E-state index contributed by atoms with van der Waals surface area (Å²) in [6.07, 6.45) is 36.5. The van der Waals surface area contributed by atoms with E-state index in [2.05, 4.69) is 24.5 Å². The Hall–Kier alpha value is -1.25. The van der Waals surface area contributed by atoms with E-state index in [9.17, 15) is 30.3 Å². The van der Waals surface area contributed by atoms with Crippen LogP contribution in [0.2, 0.25) is 10.0 Å². The SMILES string of the molecule is CCCCCCCCCCCCCCCCCCCCCCCCCCN[C@@H](CO[C@@H]1O[C@H](COC(=O)Nc2ccc(Cl)c(Cl)c2)[C@H](O)[C@H](O)[C@H]1O)[C@H](O)[C@H](O)CCCCCCCCCCCCCC. The average molecular weight is 1030 g/mol. The molecular weight excluding hydrogens is 928 g/mol. The first kappa shape index (κ1) is 64.9. The van der Waals surface area contributed by atoms with Crippen molar-refractivity contribution in [1.82, 2.24) is 5.32 Å². The highest BCUT2D eigenvalue weighted by molar-refractivity contribution is 6.42. The minimum absolute atomic E-state index is 0.147. The molecule has 0 bridgehead atoms. The molecule has 1 amide bonds. The Bertz CT molecular complexity index is 1370. The Morgan fingerprint density at radius 2 is 0.986 bits per heavy atom. The molecule has 1 aliphatic rings. The van der Waals surface area contributed by atoms with Crippen LogP contribution in [-0.2, 0) is 14.2 Å². The number of carbonyl (C=O) groups excluding carboxylic acids is 1. The number of benzene rings is 1. The van der Waals surface area contributed by atoms with Crippen LogP contribution in [-0.4, -0.2) is 100 Å². The number of unbranched alkanes of at least 4 members (excludes halogenated alkanes) is 34. The van der Waals surface area contributed by atoms with Crippen LogP contribution in [0.15, 0.2) is 18.2 Å². The van der Waals surface area contributed by atoms with Crippen molar-refractivity contribution >= 4 is 35.0 Å². The van der Waals surface area contributed by atoms with Crippen molar-refractivity contribution in [3.8, 4) is 0 Å². The van der Waals surface area contributed by atoms with Gasteiger partial charge in [0.05, 0.1) is 34.9 Å². The van der Waals surface area contributed by atoms with Gasteiger partial charge in [0.1, 0.15) is 31.0 Å². The molecule has 7 N–H and O–H groups in total. The van der Waals surface area contributed by atoms with Crippen LogP contribution >= 0.6 is 23.2 Å². The van der Waals surface area contributed by atoms with E-state index in [1.54, 1.807) is 6.07 Å². The van der Waals surface area contributed by atoms with Gasteiger partial charge in [0.2, 0.25) is 0 Å². The van der Waals surface area contributed by atoms with E-state index < -0.39 is 61.7 Å². The summed E-state index contributed by atoms with van der Waals surface area (Å²) < 4.78 is 17.0. The second-order valence-corrected chi connectivity index (χ2v) is 21.4. The molecule has 11 nitrogen and oxygen atoms in total. The maximum Gasteiger partial charge on any atom is 0.411 e. The number of halogens is 2. The molecule has 0 radical (unpaired) electrons. The van der Waals surface area contributed by atoms with Gasteiger partial charge in [-0.15, -0.1) is 0 Å². The minimum Gasteiger partial charge on any atom is -0.446 e. The van der Waals surface area contributed by atoms with Crippen LogP contribution in [0.1, 0.15) is 251 Å². The van der Waals surface area contributed by atoms with Crippen molar-refractivity contribution in [2.75, 3.05) is 25.1 Å². The van der Waals surface area contributed by atoms with Gasteiger partial charge in [0.15, 0.2) is 6.29 Å². The van der Waals surface area contributed by atoms with E-state index in [1.165, 1.54) is 205 Å². The van der Waals surface area contributed by atoms with E-state index in [-0.39, 0.29) is 11.6 Å². The molecule has 13 heteroatoms. The van der Waals surface area contributed by atoms with Crippen molar-refractivity contribution in [2.24, 2.45) is 0 Å². The summed E-state index contributed by atoms with van der Waals surface area (Å²) in [5.74, 6) is 0. The van der Waals surface area contributed by atoms with Gasteiger partial charge in [-0.05, 0) is 37.6 Å². The fraction of sp³-hybridized carbons (Fsp3) is 0.877. The Morgan fingerprint density at radius 3 is 1.41 bits per heavy atom. The van der Waals surface area contributed by atoms with E-state index in [0.717, 1.165) is 38.5 Å². The number of aliphatic hydroxyl groups is 5. The third-order valence-electron chi connectivity index (χ3n) is 14.3. The third kappa shape index (κ3) is 32.1. The summed E-state index contributed by atoms with van der Waals surface area (Å²) in [5.41, 5.74) is 0.338. The van der Waals surface area contributed by atoms with Gasteiger partial charge >= 0.3 is 6.09 Å². The zero-order valence-electron chi connectivity index (χ0n) is 44.3. The molecule has 1 aliphatic heterocycles. The minimum atomic E-state index is -1.66. The fourth-order valence-electron chi connectivity index (χ4n) is 9.56. The zero-order chi connectivity index (χ0) is 50.9. The Kier molecular flexibility index (Phi) is 40.8. The number of hydrogen-bond donors (Lipinski definition) is 7. The van der Waals surface area contributed by atoms with Crippen LogP contribution in [0, 0.1) is 0 Å². The third-order valence-corrected chi connectivity index (χ3v) is 15.0. The standard InChI is InChI=1S/C57H104Cl2N2O9/c1-3-5-7-9-11-13-15-17-18-19-20-21-22-23-24-25-26-27-28-30-32-34-36-38-42-60-49(52(63)50(62)39-37-35-33-31-29-16-14-12-10-8-6-4-2)44-68-56-55(66)54(65)53(64)51(70-56)45-69-57(67)61-46-40-41-47(58)48(59)43-46/h40-41,43,49-56,60,62-66H,3-39,42,44-45H2,1-2H3,(H,61,67)/t49-,50+,51+,52-,53-,54-,55+,56+/m0/s1. The van der Waals surface area contributed by atoms with Gasteiger partial charge in [0.25, 0.3) is 0 Å².